The molecule has 0 saturated heterocycles. The van der Waals surface area contributed by atoms with Gasteiger partial charge in [-0.05, 0) is 31.9 Å². The highest BCUT2D eigenvalue weighted by atomic mass is 19.1. The normalized spacial score (nSPS) is 14.7. The Hall–Kier alpha value is -1.16. The Morgan fingerprint density at radius 2 is 2.21 bits per heavy atom. The van der Waals surface area contributed by atoms with Crippen molar-refractivity contribution in [1.82, 2.24) is 10.3 Å². The van der Waals surface area contributed by atoms with Gasteiger partial charge < -0.3 is 10.2 Å². The summed E-state index contributed by atoms with van der Waals surface area (Å²) < 4.78 is 13.4. The van der Waals surface area contributed by atoms with Crippen molar-refractivity contribution in [2.75, 3.05) is 18.0 Å². The van der Waals surface area contributed by atoms with Crippen LogP contribution in [-0.2, 0) is 6.54 Å². The summed E-state index contributed by atoms with van der Waals surface area (Å²) in [6.45, 7) is 6.85. The molecule has 0 aliphatic heterocycles. The van der Waals surface area contributed by atoms with Crippen LogP contribution in [0.3, 0.4) is 0 Å². The van der Waals surface area contributed by atoms with Gasteiger partial charge in [0.25, 0.3) is 0 Å². The second-order valence-electron chi connectivity index (χ2n) is 5.19. The van der Waals surface area contributed by atoms with Crippen LogP contribution in [0.2, 0.25) is 0 Å². The van der Waals surface area contributed by atoms with Crippen molar-refractivity contribution in [2.24, 2.45) is 0 Å². The van der Waals surface area contributed by atoms with Gasteiger partial charge in [0.15, 0.2) is 0 Å². The summed E-state index contributed by atoms with van der Waals surface area (Å²) in [5.74, 6) is 0.723. The number of aromatic nitrogens is 1. The highest BCUT2D eigenvalue weighted by molar-refractivity contribution is 5.49. The lowest BCUT2D eigenvalue weighted by Gasteiger charge is -2.26. The molecule has 0 atom stereocenters. The minimum absolute atomic E-state index is 0.247. The van der Waals surface area contributed by atoms with Crippen molar-refractivity contribution in [3.05, 3.63) is 23.6 Å². The largest absolute Gasteiger partial charge is 0.353 e. The highest BCUT2D eigenvalue weighted by Crippen LogP contribution is 2.32. The van der Waals surface area contributed by atoms with E-state index in [1.165, 1.54) is 25.5 Å². The van der Waals surface area contributed by atoms with E-state index in [9.17, 15) is 4.39 Å². The molecule has 0 amide bonds. The van der Waals surface area contributed by atoms with Crippen LogP contribution in [0.1, 0.15) is 45.1 Å². The Bertz CT molecular complexity index is 404. The molecule has 0 spiro atoms. The first-order valence-corrected chi connectivity index (χ1v) is 7.38. The first-order chi connectivity index (χ1) is 9.26. The molecule has 0 unspecified atom stereocenters. The molecule has 1 aliphatic rings. The van der Waals surface area contributed by atoms with Gasteiger partial charge in [0.2, 0.25) is 0 Å². The smallest absolute Gasteiger partial charge is 0.141 e. The van der Waals surface area contributed by atoms with Gasteiger partial charge in [0.1, 0.15) is 11.6 Å². The molecule has 4 heteroatoms. The fraction of sp³-hybridized carbons (Fsp3) is 0.667. The van der Waals surface area contributed by atoms with Crippen LogP contribution in [-0.4, -0.2) is 24.1 Å². The molecular formula is C15H24FN3. The van der Waals surface area contributed by atoms with Gasteiger partial charge in [-0.3, -0.25) is 0 Å². The standard InChI is InChI=1S/C15H24FN3/c1-3-5-8-19(14-6-7-14)15-12(10-17-4-2)9-13(16)11-18-15/h9,11,14,17H,3-8,10H2,1-2H3. The van der Waals surface area contributed by atoms with E-state index >= 15 is 0 Å². The average Bonchev–Trinajstić information content (AvgIpc) is 3.23. The van der Waals surface area contributed by atoms with E-state index in [2.05, 4.69) is 29.0 Å². The summed E-state index contributed by atoms with van der Waals surface area (Å²) in [7, 11) is 0. The van der Waals surface area contributed by atoms with Gasteiger partial charge in [0, 0.05) is 24.7 Å². The van der Waals surface area contributed by atoms with Crippen LogP contribution in [0, 0.1) is 5.82 Å². The van der Waals surface area contributed by atoms with Gasteiger partial charge in [-0.2, -0.15) is 0 Å². The third-order valence-electron chi connectivity index (χ3n) is 3.49. The molecule has 1 saturated carbocycles. The average molecular weight is 265 g/mol. The van der Waals surface area contributed by atoms with Crippen molar-refractivity contribution in [3.63, 3.8) is 0 Å². The van der Waals surface area contributed by atoms with Gasteiger partial charge >= 0.3 is 0 Å². The lowest BCUT2D eigenvalue weighted by atomic mass is 10.2. The van der Waals surface area contributed by atoms with E-state index < -0.39 is 0 Å². The molecule has 2 rings (SSSR count). The number of pyridine rings is 1. The van der Waals surface area contributed by atoms with Gasteiger partial charge in [-0.25, -0.2) is 9.37 Å². The molecule has 0 bridgehead atoms. The van der Waals surface area contributed by atoms with Crippen molar-refractivity contribution in [2.45, 2.75) is 52.1 Å². The van der Waals surface area contributed by atoms with Crippen molar-refractivity contribution in [1.29, 1.82) is 0 Å². The predicted molar refractivity (Wildman–Crippen MR) is 76.9 cm³/mol. The maximum absolute atomic E-state index is 13.4. The second-order valence-corrected chi connectivity index (χ2v) is 5.19. The molecule has 106 valence electrons. The molecular weight excluding hydrogens is 241 g/mol. The molecule has 1 aromatic rings. The molecule has 1 N–H and O–H groups in total. The zero-order valence-electron chi connectivity index (χ0n) is 12.0. The van der Waals surface area contributed by atoms with Gasteiger partial charge in [-0.15, -0.1) is 0 Å². The van der Waals surface area contributed by atoms with E-state index in [0.29, 0.717) is 12.6 Å². The molecule has 1 aromatic heterocycles. The SMILES string of the molecule is CCCCN(c1ncc(F)cc1CNCC)C1CC1. The minimum Gasteiger partial charge on any atom is -0.353 e. The number of hydrogen-bond acceptors (Lipinski definition) is 3. The first-order valence-electron chi connectivity index (χ1n) is 7.38. The van der Waals surface area contributed by atoms with Crippen molar-refractivity contribution in [3.8, 4) is 0 Å². The third-order valence-corrected chi connectivity index (χ3v) is 3.49. The van der Waals surface area contributed by atoms with E-state index in [1.54, 1.807) is 6.07 Å². The van der Waals surface area contributed by atoms with E-state index in [4.69, 9.17) is 0 Å². The topological polar surface area (TPSA) is 28.2 Å². The lowest BCUT2D eigenvalue weighted by molar-refractivity contribution is 0.610. The number of hydrogen-bond donors (Lipinski definition) is 1. The molecule has 0 aromatic carbocycles. The molecule has 1 fully saturated rings. The summed E-state index contributed by atoms with van der Waals surface area (Å²) in [4.78, 5) is 6.73. The number of nitrogens with one attached hydrogen (secondary N) is 1. The van der Waals surface area contributed by atoms with Crippen LogP contribution >= 0.6 is 0 Å². The van der Waals surface area contributed by atoms with E-state index in [0.717, 1.165) is 30.9 Å². The molecule has 1 heterocycles. The van der Waals surface area contributed by atoms with E-state index in [-0.39, 0.29) is 5.82 Å². The summed E-state index contributed by atoms with van der Waals surface area (Å²) in [6, 6.07) is 2.23. The first kappa shape index (κ1) is 14.3. The zero-order valence-corrected chi connectivity index (χ0v) is 12.0. The van der Waals surface area contributed by atoms with Crippen LogP contribution in [0.15, 0.2) is 12.3 Å². The van der Waals surface area contributed by atoms with Gasteiger partial charge in [0.05, 0.1) is 6.20 Å². The highest BCUT2D eigenvalue weighted by Gasteiger charge is 2.30. The molecule has 19 heavy (non-hydrogen) atoms. The number of rotatable bonds is 8. The predicted octanol–water partition coefficient (Wildman–Crippen LogP) is 3.10. The number of unbranched alkanes of at least 4 members (excludes halogenated alkanes) is 1. The van der Waals surface area contributed by atoms with Gasteiger partial charge in [-0.1, -0.05) is 20.3 Å². The summed E-state index contributed by atoms with van der Waals surface area (Å²) in [6.07, 6.45) is 6.15. The fourth-order valence-corrected chi connectivity index (χ4v) is 2.30. The summed E-state index contributed by atoms with van der Waals surface area (Å²) in [5.41, 5.74) is 0.977. The van der Waals surface area contributed by atoms with Crippen molar-refractivity contribution >= 4 is 5.82 Å². The Morgan fingerprint density at radius 1 is 1.42 bits per heavy atom. The molecule has 0 radical (unpaired) electrons. The summed E-state index contributed by atoms with van der Waals surface area (Å²) >= 11 is 0. The quantitative estimate of drug-likeness (QED) is 0.783. The number of anilines is 1. The Labute approximate surface area is 115 Å². The Morgan fingerprint density at radius 3 is 2.84 bits per heavy atom. The Balaban J connectivity index is 2.18. The minimum atomic E-state index is -0.247. The third kappa shape index (κ3) is 3.90. The lowest BCUT2D eigenvalue weighted by Crippen LogP contribution is -2.29. The monoisotopic (exact) mass is 265 g/mol. The van der Waals surface area contributed by atoms with E-state index in [1.807, 2.05) is 0 Å². The van der Waals surface area contributed by atoms with Crippen LogP contribution in [0.5, 0.6) is 0 Å². The van der Waals surface area contributed by atoms with Crippen LogP contribution in [0.25, 0.3) is 0 Å². The Kier molecular flexibility index (Phi) is 5.14. The maximum Gasteiger partial charge on any atom is 0.141 e. The number of nitrogens with zero attached hydrogens (tertiary/aromatic N) is 2. The van der Waals surface area contributed by atoms with Crippen molar-refractivity contribution < 1.29 is 4.39 Å². The zero-order chi connectivity index (χ0) is 13.7. The maximum atomic E-state index is 13.4. The molecule has 3 nitrogen and oxygen atoms in total. The number of halogens is 1. The second kappa shape index (κ2) is 6.85. The van der Waals surface area contributed by atoms with Crippen LogP contribution in [0.4, 0.5) is 10.2 Å². The summed E-state index contributed by atoms with van der Waals surface area (Å²) in [5, 5.41) is 3.27. The molecule has 1 aliphatic carbocycles. The fourth-order valence-electron chi connectivity index (χ4n) is 2.30. The van der Waals surface area contributed by atoms with Crippen LogP contribution < -0.4 is 10.2 Å².